The molecule has 0 amide bonds. The van der Waals surface area contributed by atoms with Gasteiger partial charge in [-0.15, -0.1) is 0 Å². The summed E-state index contributed by atoms with van der Waals surface area (Å²) in [5.74, 6) is 0. The highest BCUT2D eigenvalue weighted by atomic mass is 15.8. The fourth-order valence-corrected chi connectivity index (χ4v) is 1.17. The predicted molar refractivity (Wildman–Crippen MR) is 33.9 cm³/mol. The van der Waals surface area contributed by atoms with Crippen LogP contribution in [0.5, 0.6) is 0 Å². The van der Waals surface area contributed by atoms with Gasteiger partial charge in [-0.1, -0.05) is 12.1 Å². The van der Waals surface area contributed by atoms with Crippen LogP contribution in [0.2, 0.25) is 0 Å². The van der Waals surface area contributed by atoms with Gasteiger partial charge in [0.25, 0.3) is 0 Å². The highest BCUT2D eigenvalue weighted by Crippen LogP contribution is 2.17. The van der Waals surface area contributed by atoms with Gasteiger partial charge in [0, 0.05) is 0 Å². The molecule has 0 aliphatic rings. The number of para-hydroxylation sites is 2. The first kappa shape index (κ1) is 3.61. The fourth-order valence-electron chi connectivity index (χ4n) is 1.17. The molecule has 0 radical (unpaired) electrons. The molecule has 44 valence electrons. The zero-order chi connectivity index (χ0) is 5.84. The van der Waals surface area contributed by atoms with Crippen molar-refractivity contribution in [3.05, 3.63) is 24.3 Å². The Labute approximate surface area is 50.8 Å². The first-order valence-electron chi connectivity index (χ1n) is 2.92. The summed E-state index contributed by atoms with van der Waals surface area (Å²) < 4.78 is 3.99. The number of aromatic nitrogens is 3. The fraction of sp³-hybridized carbons (Fsp3) is 0. The molecule has 0 saturated carbocycles. The highest BCUT2D eigenvalue weighted by Gasteiger charge is 2.11. The Balaban J connectivity index is 2.71. The molecule has 0 saturated heterocycles. The molecule has 2 heterocycles. The van der Waals surface area contributed by atoms with Gasteiger partial charge in [0.1, 0.15) is 11.0 Å². The van der Waals surface area contributed by atoms with Crippen LogP contribution in [0.3, 0.4) is 0 Å². The lowest BCUT2D eigenvalue weighted by Crippen LogP contribution is -1.87. The van der Waals surface area contributed by atoms with Gasteiger partial charge in [-0.25, -0.2) is 0 Å². The average molecular weight is 119 g/mol. The van der Waals surface area contributed by atoms with Gasteiger partial charge in [0.05, 0.1) is 0 Å². The van der Waals surface area contributed by atoms with E-state index in [1.807, 2.05) is 21.4 Å². The molecule has 0 aliphatic heterocycles. The van der Waals surface area contributed by atoms with Crippen LogP contribution in [0.4, 0.5) is 0 Å². The van der Waals surface area contributed by atoms with E-state index in [0.717, 1.165) is 0 Å². The molecule has 3 rings (SSSR count). The van der Waals surface area contributed by atoms with Crippen molar-refractivity contribution >= 4 is 11.0 Å². The van der Waals surface area contributed by atoms with E-state index in [9.17, 15) is 0 Å². The van der Waals surface area contributed by atoms with Crippen molar-refractivity contribution in [2.75, 3.05) is 0 Å². The number of H-pyrrole nitrogens is 1. The molecule has 0 atom stereocenters. The van der Waals surface area contributed by atoms with Crippen molar-refractivity contribution in [1.82, 2.24) is 14.5 Å². The lowest BCUT2D eigenvalue weighted by Gasteiger charge is -1.93. The van der Waals surface area contributed by atoms with Crippen molar-refractivity contribution < 1.29 is 0 Å². The van der Waals surface area contributed by atoms with E-state index >= 15 is 0 Å². The van der Waals surface area contributed by atoms with Crippen LogP contribution in [0.1, 0.15) is 0 Å². The number of fused-ring (bicyclic) bond motifs is 4. The molecule has 0 spiro atoms. The summed E-state index contributed by atoms with van der Waals surface area (Å²) in [4.78, 5) is 0. The summed E-state index contributed by atoms with van der Waals surface area (Å²) in [6.07, 6.45) is 0. The van der Waals surface area contributed by atoms with E-state index in [-0.39, 0.29) is 0 Å². The van der Waals surface area contributed by atoms with E-state index in [1.54, 1.807) is 0 Å². The van der Waals surface area contributed by atoms with Gasteiger partial charge in [0.2, 0.25) is 0 Å². The Morgan fingerprint density at radius 3 is 2.11 bits per heavy atom. The molecule has 1 N–H and O–H groups in total. The Morgan fingerprint density at radius 1 is 1.00 bits per heavy atom. The van der Waals surface area contributed by atoms with E-state index in [1.165, 1.54) is 11.0 Å². The minimum Gasteiger partial charge on any atom is -0.197 e. The van der Waals surface area contributed by atoms with E-state index in [2.05, 4.69) is 17.3 Å². The molecule has 0 bridgehead atoms. The number of rotatable bonds is 0. The molecular weight excluding hydrogens is 114 g/mol. The molecule has 2 aromatic heterocycles. The van der Waals surface area contributed by atoms with Crippen molar-refractivity contribution in [1.29, 1.82) is 0 Å². The van der Waals surface area contributed by atoms with E-state index < -0.39 is 0 Å². The summed E-state index contributed by atoms with van der Waals surface area (Å²) in [7, 11) is 0. The largest absolute Gasteiger partial charge is 0.197 e. The summed E-state index contributed by atoms with van der Waals surface area (Å²) in [6, 6.07) is 8.25. The van der Waals surface area contributed by atoms with Gasteiger partial charge in [-0.3, -0.25) is 0 Å². The van der Waals surface area contributed by atoms with Crippen LogP contribution in [-0.4, -0.2) is 14.5 Å². The van der Waals surface area contributed by atoms with Crippen LogP contribution in [-0.2, 0) is 0 Å². The summed E-state index contributed by atoms with van der Waals surface area (Å²) >= 11 is 0. The smallest absolute Gasteiger partial charge is 0.112 e. The molecule has 1 aromatic carbocycles. The topological polar surface area (TPSA) is 24.6 Å². The number of hydrogen-bond acceptors (Lipinski definition) is 0. The number of benzene rings is 1. The predicted octanol–water partition coefficient (Wildman–Crippen LogP) is 0.958. The Bertz CT molecular complexity index is 388. The van der Waals surface area contributed by atoms with Gasteiger partial charge in [-0.2, -0.15) is 14.5 Å². The second-order valence-electron chi connectivity index (χ2n) is 2.21. The second-order valence-corrected chi connectivity index (χ2v) is 2.21. The lowest BCUT2D eigenvalue weighted by molar-refractivity contribution is 1.07. The number of hydrogen-bond donors (Lipinski definition) is 1. The highest BCUT2D eigenvalue weighted by molar-refractivity contribution is 5.78. The average Bonchev–Trinajstić information content (AvgIpc) is 2.58. The Kier molecular flexibility index (Phi) is 0.344. The Morgan fingerprint density at radius 2 is 1.56 bits per heavy atom. The maximum Gasteiger partial charge on any atom is 0.112 e. The van der Waals surface area contributed by atoms with Crippen LogP contribution in [0.25, 0.3) is 11.0 Å². The summed E-state index contributed by atoms with van der Waals surface area (Å²) in [6.45, 7) is 0. The third-order valence-electron chi connectivity index (χ3n) is 1.69. The molecule has 0 fully saturated rings. The molecule has 9 heavy (non-hydrogen) atoms. The van der Waals surface area contributed by atoms with E-state index in [0.29, 0.717) is 0 Å². The third kappa shape index (κ3) is 0.253. The van der Waals surface area contributed by atoms with E-state index in [4.69, 9.17) is 0 Å². The monoisotopic (exact) mass is 119 g/mol. The van der Waals surface area contributed by atoms with Gasteiger partial charge in [0.15, 0.2) is 0 Å². The zero-order valence-corrected chi connectivity index (χ0v) is 4.70. The van der Waals surface area contributed by atoms with Crippen LogP contribution < -0.4 is 0 Å². The number of nitrogens with zero attached hydrogens (tertiary/aromatic N) is 2. The van der Waals surface area contributed by atoms with Gasteiger partial charge in [-0.05, 0) is 12.1 Å². The molecule has 3 aromatic rings. The summed E-state index contributed by atoms with van der Waals surface area (Å²) in [5, 5.41) is 3.04. The van der Waals surface area contributed by atoms with Crippen molar-refractivity contribution in [3.63, 3.8) is 0 Å². The first-order chi connectivity index (χ1) is 4.47. The normalized spacial score (nSPS) is 12.4. The molecule has 3 heteroatoms. The van der Waals surface area contributed by atoms with Gasteiger partial charge >= 0.3 is 0 Å². The quantitative estimate of drug-likeness (QED) is 0.456. The van der Waals surface area contributed by atoms with Crippen molar-refractivity contribution in [3.8, 4) is 0 Å². The van der Waals surface area contributed by atoms with Crippen LogP contribution in [0, 0.1) is 0 Å². The molecule has 0 aliphatic carbocycles. The summed E-state index contributed by atoms with van der Waals surface area (Å²) in [5.41, 5.74) is 2.55. The molecule has 3 nitrogen and oxygen atoms in total. The number of nitrogens with one attached hydrogen (secondary N) is 1. The minimum absolute atomic E-state index is 1.28. The second kappa shape index (κ2) is 0.857. The Hall–Kier alpha value is -1.38. The SMILES string of the molecule is c1ccc2c(c1)n1[nH]n21. The zero-order valence-electron chi connectivity index (χ0n) is 4.70. The maximum absolute atomic E-state index is 3.04. The molecular formula is C6H5N3. The van der Waals surface area contributed by atoms with Gasteiger partial charge < -0.3 is 0 Å². The van der Waals surface area contributed by atoms with Crippen LogP contribution in [0.15, 0.2) is 24.3 Å². The first-order valence-corrected chi connectivity index (χ1v) is 2.92. The minimum atomic E-state index is 1.28. The standard InChI is InChI=1S/C6H5N3/c1-2-4-6-5(3-1)8-7-9(6)8/h1-4,7H. The molecule has 0 unspecified atom stereocenters. The maximum atomic E-state index is 3.04. The van der Waals surface area contributed by atoms with Crippen molar-refractivity contribution in [2.24, 2.45) is 0 Å². The van der Waals surface area contributed by atoms with Crippen molar-refractivity contribution in [2.45, 2.75) is 0 Å². The van der Waals surface area contributed by atoms with Crippen LogP contribution >= 0.6 is 0 Å². The lowest BCUT2D eigenvalue weighted by atomic mass is 10.3. The third-order valence-corrected chi connectivity index (χ3v) is 1.69. The number of aromatic amines is 1.